The van der Waals surface area contributed by atoms with Gasteiger partial charge in [0.25, 0.3) is 0 Å². The summed E-state index contributed by atoms with van der Waals surface area (Å²) in [5.74, 6) is 0.504. The predicted octanol–water partition coefficient (Wildman–Crippen LogP) is 2.39. The van der Waals surface area contributed by atoms with Gasteiger partial charge < -0.3 is 0 Å². The van der Waals surface area contributed by atoms with E-state index in [1.165, 1.54) is 0 Å². The van der Waals surface area contributed by atoms with Gasteiger partial charge in [-0.3, -0.25) is 9.59 Å². The monoisotopic (exact) mass is 214 g/mol. The van der Waals surface area contributed by atoms with Crippen LogP contribution in [-0.2, 0) is 9.59 Å². The van der Waals surface area contributed by atoms with E-state index in [1.807, 2.05) is 6.92 Å². The summed E-state index contributed by atoms with van der Waals surface area (Å²) >= 11 is 5.35. The van der Waals surface area contributed by atoms with Crippen LogP contribution in [0.1, 0.15) is 33.6 Å². The number of carbonyl (C=O) groups excluding carboxylic acids is 2. The first kappa shape index (κ1) is 10.2. The minimum absolute atomic E-state index is 0.0566. The van der Waals surface area contributed by atoms with Gasteiger partial charge in [-0.25, -0.2) is 0 Å². The molecule has 0 saturated heterocycles. The van der Waals surface area contributed by atoms with Crippen LogP contribution in [0.5, 0.6) is 0 Å². The zero-order chi connectivity index (χ0) is 10.7. The summed E-state index contributed by atoms with van der Waals surface area (Å²) in [6.45, 7) is 6.26. The maximum Gasteiger partial charge on any atom is 0.222 e. The van der Waals surface area contributed by atoms with Crippen molar-refractivity contribution in [3.8, 4) is 0 Å². The average molecular weight is 215 g/mol. The van der Waals surface area contributed by atoms with Crippen molar-refractivity contribution in [2.24, 2.45) is 22.7 Å². The fourth-order valence-corrected chi connectivity index (χ4v) is 3.47. The molecule has 3 heteroatoms. The predicted molar refractivity (Wildman–Crippen MR) is 54.0 cm³/mol. The molecule has 3 fully saturated rings. The zero-order valence-electron chi connectivity index (χ0n) is 8.76. The molecule has 0 heterocycles. The molecule has 0 aromatic heterocycles. The van der Waals surface area contributed by atoms with Gasteiger partial charge in [0.1, 0.15) is 5.78 Å². The Morgan fingerprint density at radius 2 is 2.07 bits per heavy atom. The highest BCUT2D eigenvalue weighted by Gasteiger charge is 2.71. The number of ketones is 1. The van der Waals surface area contributed by atoms with Crippen LogP contribution in [0.4, 0.5) is 0 Å². The summed E-state index contributed by atoms with van der Waals surface area (Å²) in [5, 5.41) is -0.379. The molecular weight excluding hydrogens is 200 g/mol. The summed E-state index contributed by atoms with van der Waals surface area (Å²) in [6, 6.07) is 0. The Hall–Kier alpha value is -0.370. The average Bonchev–Trinajstić information content (AvgIpc) is 2.37. The van der Waals surface area contributed by atoms with Crippen LogP contribution in [0.2, 0.25) is 0 Å². The summed E-state index contributed by atoms with van der Waals surface area (Å²) in [7, 11) is 0. The molecule has 0 N–H and O–H groups in total. The third-order valence-corrected chi connectivity index (χ3v) is 4.88. The van der Waals surface area contributed by atoms with Crippen molar-refractivity contribution in [2.75, 3.05) is 0 Å². The van der Waals surface area contributed by atoms with Gasteiger partial charge in [0, 0.05) is 17.8 Å². The van der Waals surface area contributed by atoms with Crippen molar-refractivity contribution >= 4 is 22.6 Å². The van der Waals surface area contributed by atoms with E-state index in [4.69, 9.17) is 11.6 Å². The molecular formula is C11H15ClO2. The molecule has 2 nitrogen and oxygen atoms in total. The summed E-state index contributed by atoms with van der Waals surface area (Å²) < 4.78 is 0. The van der Waals surface area contributed by atoms with Gasteiger partial charge in [0.2, 0.25) is 5.24 Å². The quantitative estimate of drug-likeness (QED) is 0.662. The van der Waals surface area contributed by atoms with E-state index in [0.29, 0.717) is 5.92 Å². The Labute approximate surface area is 89.0 Å². The van der Waals surface area contributed by atoms with E-state index in [9.17, 15) is 9.59 Å². The maximum atomic E-state index is 12.0. The topological polar surface area (TPSA) is 34.1 Å². The van der Waals surface area contributed by atoms with Crippen LogP contribution in [0.15, 0.2) is 0 Å². The Morgan fingerprint density at radius 1 is 1.50 bits per heavy atom. The molecule has 3 atom stereocenters. The summed E-state index contributed by atoms with van der Waals surface area (Å²) in [4.78, 5) is 22.8. The summed E-state index contributed by atoms with van der Waals surface area (Å²) in [6.07, 6.45) is 1.16. The highest BCUT2D eigenvalue weighted by Crippen LogP contribution is 2.71. The molecule has 3 unspecified atom stereocenters. The van der Waals surface area contributed by atoms with Gasteiger partial charge in [-0.1, -0.05) is 20.8 Å². The lowest BCUT2D eigenvalue weighted by atomic mass is 9.51. The number of fused-ring (bicyclic) bond motifs is 1. The Bertz CT molecular complexity index is 321. The smallest absolute Gasteiger partial charge is 0.222 e. The minimum Gasteiger partial charge on any atom is -0.299 e. The first-order chi connectivity index (χ1) is 6.30. The van der Waals surface area contributed by atoms with E-state index in [-0.39, 0.29) is 34.2 Å². The molecule has 3 rings (SSSR count). The fourth-order valence-electron chi connectivity index (χ4n) is 3.30. The number of Topliss-reactive ketones (excluding diaryl/α,β-unsaturated/α-hetero) is 1. The van der Waals surface area contributed by atoms with Crippen molar-refractivity contribution in [3.05, 3.63) is 0 Å². The van der Waals surface area contributed by atoms with Gasteiger partial charge in [0.15, 0.2) is 0 Å². The van der Waals surface area contributed by atoms with Crippen LogP contribution in [0.3, 0.4) is 0 Å². The van der Waals surface area contributed by atoms with Crippen molar-refractivity contribution in [1.29, 1.82) is 0 Å². The molecule has 3 saturated carbocycles. The van der Waals surface area contributed by atoms with Crippen LogP contribution in [0, 0.1) is 22.7 Å². The number of carbonyl (C=O) groups is 2. The molecule has 0 aromatic rings. The fraction of sp³-hybridized carbons (Fsp3) is 0.818. The lowest BCUT2D eigenvalue weighted by molar-refractivity contribution is -0.134. The van der Waals surface area contributed by atoms with E-state index in [1.54, 1.807) is 0 Å². The molecule has 0 aliphatic heterocycles. The first-order valence-corrected chi connectivity index (χ1v) is 5.41. The Balaban J connectivity index is 2.27. The standard InChI is InChI=1S/C11H15ClO2/c1-10(2)7-5-11(10,3)9(14)6(7)4-8(12)13/h6-7H,4-5H2,1-3H3. The normalized spacial score (nSPS) is 43.6. The second-order valence-electron chi connectivity index (χ2n) is 5.39. The van der Waals surface area contributed by atoms with Crippen LogP contribution < -0.4 is 0 Å². The van der Waals surface area contributed by atoms with Gasteiger partial charge in [0.05, 0.1) is 0 Å². The Morgan fingerprint density at radius 3 is 2.36 bits per heavy atom. The van der Waals surface area contributed by atoms with Crippen LogP contribution in [-0.4, -0.2) is 11.0 Å². The van der Waals surface area contributed by atoms with E-state index < -0.39 is 0 Å². The lowest BCUT2D eigenvalue weighted by Crippen LogP contribution is -2.48. The molecule has 0 aromatic carbocycles. The lowest BCUT2D eigenvalue weighted by Gasteiger charge is -2.51. The van der Waals surface area contributed by atoms with E-state index >= 15 is 0 Å². The van der Waals surface area contributed by atoms with Crippen molar-refractivity contribution in [2.45, 2.75) is 33.6 Å². The van der Waals surface area contributed by atoms with Gasteiger partial charge >= 0.3 is 0 Å². The van der Waals surface area contributed by atoms with Crippen molar-refractivity contribution in [1.82, 2.24) is 0 Å². The molecule has 0 amide bonds. The van der Waals surface area contributed by atoms with Crippen molar-refractivity contribution in [3.63, 3.8) is 0 Å². The molecule has 3 aliphatic rings. The van der Waals surface area contributed by atoms with Gasteiger partial charge in [-0.2, -0.15) is 0 Å². The van der Waals surface area contributed by atoms with Gasteiger partial charge in [-0.05, 0) is 29.4 Å². The third kappa shape index (κ3) is 0.928. The highest BCUT2D eigenvalue weighted by atomic mass is 35.5. The van der Waals surface area contributed by atoms with Gasteiger partial charge in [-0.15, -0.1) is 0 Å². The highest BCUT2D eigenvalue weighted by molar-refractivity contribution is 6.63. The molecule has 3 aliphatic carbocycles. The third-order valence-electron chi connectivity index (χ3n) is 4.72. The summed E-state index contributed by atoms with van der Waals surface area (Å²) in [5.41, 5.74) is -0.143. The maximum absolute atomic E-state index is 12.0. The molecule has 0 spiro atoms. The van der Waals surface area contributed by atoms with Crippen LogP contribution in [0.25, 0.3) is 0 Å². The minimum atomic E-state index is -0.379. The number of hydrogen-bond donors (Lipinski definition) is 0. The molecule has 2 bridgehead atoms. The van der Waals surface area contributed by atoms with Crippen molar-refractivity contribution < 1.29 is 9.59 Å². The number of hydrogen-bond acceptors (Lipinski definition) is 2. The SMILES string of the molecule is CC12CC(C(CC(=O)Cl)C1=O)C2(C)C. The number of halogens is 1. The second kappa shape index (κ2) is 2.60. The Kier molecular flexibility index (Phi) is 1.89. The molecule has 78 valence electrons. The molecule has 0 radical (unpaired) electrons. The largest absolute Gasteiger partial charge is 0.299 e. The molecule has 14 heavy (non-hydrogen) atoms. The zero-order valence-corrected chi connectivity index (χ0v) is 9.52. The van der Waals surface area contributed by atoms with E-state index in [2.05, 4.69) is 13.8 Å². The second-order valence-corrected chi connectivity index (χ2v) is 5.82. The van der Waals surface area contributed by atoms with Crippen LogP contribution >= 0.6 is 11.6 Å². The number of rotatable bonds is 2. The van der Waals surface area contributed by atoms with E-state index in [0.717, 1.165) is 6.42 Å². The first-order valence-electron chi connectivity index (χ1n) is 5.03.